The molecule has 1 heterocycles. The second-order valence-corrected chi connectivity index (χ2v) is 5.32. The molecule has 0 amide bonds. The van der Waals surface area contributed by atoms with E-state index in [0.717, 1.165) is 34.0 Å². The highest BCUT2D eigenvalue weighted by Crippen LogP contribution is 2.28. The number of thiazole rings is 1. The van der Waals surface area contributed by atoms with Crippen LogP contribution in [0.25, 0.3) is 10.6 Å². The van der Waals surface area contributed by atoms with E-state index in [2.05, 4.69) is 43.1 Å². The topological polar surface area (TPSA) is 62.8 Å². The molecule has 18 heavy (non-hydrogen) atoms. The van der Waals surface area contributed by atoms with Gasteiger partial charge in [0.05, 0.1) is 10.6 Å². The zero-order chi connectivity index (χ0) is 13.1. The fourth-order valence-corrected chi connectivity index (χ4v) is 2.77. The van der Waals surface area contributed by atoms with Crippen molar-refractivity contribution in [2.75, 3.05) is 0 Å². The van der Waals surface area contributed by atoms with Crippen LogP contribution in [0.2, 0.25) is 0 Å². The number of nitrogens with zero attached hydrogens (tertiary/aromatic N) is 1. The quantitative estimate of drug-likeness (QED) is 0.653. The van der Waals surface area contributed by atoms with Gasteiger partial charge in [0.15, 0.2) is 0 Å². The molecule has 0 saturated heterocycles. The van der Waals surface area contributed by atoms with Crippen molar-refractivity contribution in [3.63, 3.8) is 0 Å². The van der Waals surface area contributed by atoms with Crippen LogP contribution in [0.1, 0.15) is 29.5 Å². The van der Waals surface area contributed by atoms with E-state index < -0.39 is 0 Å². The summed E-state index contributed by atoms with van der Waals surface area (Å²) >= 11 is 1.51. The van der Waals surface area contributed by atoms with Gasteiger partial charge >= 0.3 is 0 Å². The number of rotatable bonds is 4. The lowest BCUT2D eigenvalue weighted by Crippen LogP contribution is -2.11. The van der Waals surface area contributed by atoms with Gasteiger partial charge in [0, 0.05) is 5.56 Å². The Bertz CT molecular complexity index is 555. The van der Waals surface area contributed by atoms with E-state index >= 15 is 0 Å². The van der Waals surface area contributed by atoms with E-state index in [1.807, 2.05) is 0 Å². The average Bonchev–Trinajstić information content (AvgIpc) is 2.75. The largest absolute Gasteiger partial charge is 0.383 e. The molecule has 3 N–H and O–H groups in total. The van der Waals surface area contributed by atoms with E-state index in [1.165, 1.54) is 16.9 Å². The first-order valence-corrected chi connectivity index (χ1v) is 6.84. The van der Waals surface area contributed by atoms with Gasteiger partial charge in [0.1, 0.15) is 10.8 Å². The Morgan fingerprint density at radius 1 is 1.33 bits per heavy atom. The number of hydrogen-bond acceptors (Lipinski definition) is 3. The molecular weight excluding hydrogens is 242 g/mol. The molecule has 1 aromatic heterocycles. The summed E-state index contributed by atoms with van der Waals surface area (Å²) in [4.78, 5) is 5.43. The van der Waals surface area contributed by atoms with Crippen molar-refractivity contribution in [2.24, 2.45) is 5.73 Å². The summed E-state index contributed by atoms with van der Waals surface area (Å²) in [6.07, 6.45) is 1.88. The van der Waals surface area contributed by atoms with Crippen LogP contribution in [0.4, 0.5) is 0 Å². The smallest absolute Gasteiger partial charge is 0.135 e. The van der Waals surface area contributed by atoms with Crippen LogP contribution in [0, 0.1) is 12.3 Å². The summed E-state index contributed by atoms with van der Waals surface area (Å²) in [6.45, 7) is 4.17. The molecule has 0 aliphatic rings. The third-order valence-corrected chi connectivity index (χ3v) is 3.91. The van der Waals surface area contributed by atoms with E-state index in [0.29, 0.717) is 0 Å². The molecule has 0 aliphatic carbocycles. The van der Waals surface area contributed by atoms with Gasteiger partial charge in [-0.25, -0.2) is 4.98 Å². The number of nitrogens with two attached hydrogens (primary N) is 1. The molecule has 0 saturated carbocycles. The highest BCUT2D eigenvalue weighted by Gasteiger charge is 2.13. The number of benzene rings is 1. The molecule has 4 heteroatoms. The predicted octanol–water partition coefficient (Wildman–Crippen LogP) is 3.36. The second-order valence-electron chi connectivity index (χ2n) is 4.32. The zero-order valence-corrected chi connectivity index (χ0v) is 11.5. The van der Waals surface area contributed by atoms with Crippen molar-refractivity contribution >= 4 is 17.2 Å². The maximum atomic E-state index is 7.61. The van der Waals surface area contributed by atoms with Crippen LogP contribution >= 0.6 is 11.3 Å². The van der Waals surface area contributed by atoms with Crippen LogP contribution in [0.3, 0.4) is 0 Å². The second kappa shape index (κ2) is 5.31. The Morgan fingerprint density at radius 2 is 2.00 bits per heavy atom. The van der Waals surface area contributed by atoms with Gasteiger partial charge < -0.3 is 5.73 Å². The summed E-state index contributed by atoms with van der Waals surface area (Å²) in [5.74, 6) is 0.120. The zero-order valence-electron chi connectivity index (χ0n) is 10.7. The van der Waals surface area contributed by atoms with Crippen molar-refractivity contribution in [2.45, 2.75) is 26.7 Å². The third kappa shape index (κ3) is 2.59. The fraction of sp³-hybridized carbons (Fsp3) is 0.286. The molecule has 0 spiro atoms. The summed E-state index contributed by atoms with van der Waals surface area (Å²) in [5.41, 5.74) is 8.89. The minimum atomic E-state index is 0.120. The van der Waals surface area contributed by atoms with Gasteiger partial charge in [-0.3, -0.25) is 5.41 Å². The first-order chi connectivity index (χ1) is 8.61. The monoisotopic (exact) mass is 259 g/mol. The maximum absolute atomic E-state index is 7.61. The molecule has 0 aliphatic heterocycles. The minimum absolute atomic E-state index is 0.120. The fourth-order valence-electron chi connectivity index (χ4n) is 1.79. The Balaban J connectivity index is 2.42. The van der Waals surface area contributed by atoms with Gasteiger partial charge in [0.2, 0.25) is 0 Å². The van der Waals surface area contributed by atoms with Crippen LogP contribution in [0.5, 0.6) is 0 Å². The standard InChI is InChI=1S/C14H17N3S/c1-3-4-11-12(13(15)16)18-14(17-11)10-7-5-9(2)6-8-10/h5-8H,3-4H2,1-2H3,(H3,15,16). The molecule has 2 aromatic rings. The van der Waals surface area contributed by atoms with Gasteiger partial charge in [-0.1, -0.05) is 43.2 Å². The number of aryl methyl sites for hydroxylation is 2. The highest BCUT2D eigenvalue weighted by molar-refractivity contribution is 7.17. The lowest BCUT2D eigenvalue weighted by atomic mass is 10.1. The SMILES string of the molecule is CCCc1nc(-c2ccc(C)cc2)sc1C(=N)N. The predicted molar refractivity (Wildman–Crippen MR) is 77.3 cm³/mol. The summed E-state index contributed by atoms with van der Waals surface area (Å²) < 4.78 is 0. The molecule has 94 valence electrons. The number of aromatic nitrogens is 1. The molecular formula is C14H17N3S. The molecule has 0 unspecified atom stereocenters. The van der Waals surface area contributed by atoms with Crippen LogP contribution in [-0.4, -0.2) is 10.8 Å². The molecule has 3 nitrogen and oxygen atoms in total. The van der Waals surface area contributed by atoms with E-state index in [4.69, 9.17) is 11.1 Å². The molecule has 0 atom stereocenters. The Hall–Kier alpha value is -1.68. The van der Waals surface area contributed by atoms with Crippen molar-refractivity contribution in [3.05, 3.63) is 40.4 Å². The number of hydrogen-bond donors (Lipinski definition) is 2. The van der Waals surface area contributed by atoms with E-state index in [-0.39, 0.29) is 5.84 Å². The van der Waals surface area contributed by atoms with Crippen molar-refractivity contribution in [1.29, 1.82) is 5.41 Å². The lowest BCUT2D eigenvalue weighted by molar-refractivity contribution is 0.891. The third-order valence-electron chi connectivity index (χ3n) is 2.73. The van der Waals surface area contributed by atoms with Crippen LogP contribution < -0.4 is 5.73 Å². The Morgan fingerprint density at radius 3 is 2.56 bits per heavy atom. The molecule has 0 radical (unpaired) electrons. The van der Waals surface area contributed by atoms with E-state index in [1.54, 1.807) is 0 Å². The molecule has 0 fully saturated rings. The minimum Gasteiger partial charge on any atom is -0.383 e. The van der Waals surface area contributed by atoms with Crippen LogP contribution in [-0.2, 0) is 6.42 Å². The first-order valence-electron chi connectivity index (χ1n) is 6.03. The van der Waals surface area contributed by atoms with Crippen LogP contribution in [0.15, 0.2) is 24.3 Å². The number of amidine groups is 1. The Kier molecular flexibility index (Phi) is 3.77. The molecule has 2 rings (SSSR count). The van der Waals surface area contributed by atoms with Crippen molar-refractivity contribution in [3.8, 4) is 10.6 Å². The normalized spacial score (nSPS) is 10.6. The highest BCUT2D eigenvalue weighted by atomic mass is 32.1. The van der Waals surface area contributed by atoms with Gasteiger partial charge in [-0.2, -0.15) is 0 Å². The van der Waals surface area contributed by atoms with Gasteiger partial charge in [0.25, 0.3) is 0 Å². The first kappa shape index (κ1) is 12.8. The molecule has 0 bridgehead atoms. The Labute approximate surface area is 111 Å². The van der Waals surface area contributed by atoms with E-state index in [9.17, 15) is 0 Å². The summed E-state index contributed by atoms with van der Waals surface area (Å²) in [7, 11) is 0. The summed E-state index contributed by atoms with van der Waals surface area (Å²) in [6, 6.07) is 8.27. The number of nitrogens with one attached hydrogen (secondary N) is 1. The van der Waals surface area contributed by atoms with Crippen molar-refractivity contribution in [1.82, 2.24) is 4.98 Å². The number of nitrogen functional groups attached to an aromatic ring is 1. The maximum Gasteiger partial charge on any atom is 0.135 e. The van der Waals surface area contributed by atoms with Gasteiger partial charge in [-0.15, -0.1) is 11.3 Å². The summed E-state index contributed by atoms with van der Waals surface area (Å²) in [5, 5.41) is 8.56. The van der Waals surface area contributed by atoms with Crippen molar-refractivity contribution < 1.29 is 0 Å². The average molecular weight is 259 g/mol. The molecule has 1 aromatic carbocycles. The van der Waals surface area contributed by atoms with Gasteiger partial charge in [-0.05, 0) is 13.3 Å². The lowest BCUT2D eigenvalue weighted by Gasteiger charge is -1.96.